The van der Waals surface area contributed by atoms with E-state index in [4.69, 9.17) is 4.74 Å². The molecule has 3 aromatic carbocycles. The molecule has 32 heavy (non-hydrogen) atoms. The van der Waals surface area contributed by atoms with Gasteiger partial charge < -0.3 is 9.30 Å². The molecule has 6 heteroatoms. The minimum Gasteiger partial charge on any atom is -0.363 e. The Morgan fingerprint density at radius 2 is 1.78 bits per heavy atom. The summed E-state index contributed by atoms with van der Waals surface area (Å²) in [5.41, 5.74) is 5.35. The second-order valence-electron chi connectivity index (χ2n) is 7.63. The normalized spacial score (nSPS) is 11.8. The summed E-state index contributed by atoms with van der Waals surface area (Å²) >= 11 is 0. The zero-order valence-electron chi connectivity index (χ0n) is 17.7. The Labute approximate surface area is 185 Å². The Morgan fingerprint density at radius 1 is 1.03 bits per heavy atom. The van der Waals surface area contributed by atoms with Gasteiger partial charge >= 0.3 is 0 Å². The molecule has 0 N–H and O–H groups in total. The van der Waals surface area contributed by atoms with Crippen LogP contribution in [-0.4, -0.2) is 9.55 Å². The Kier molecular flexibility index (Phi) is 6.11. The summed E-state index contributed by atoms with van der Waals surface area (Å²) in [5.74, 6) is -1.30. The maximum absolute atomic E-state index is 13.6. The number of ether oxygens (including phenoxy) is 1. The van der Waals surface area contributed by atoms with Crippen molar-refractivity contribution in [3.8, 4) is 17.2 Å². The van der Waals surface area contributed by atoms with E-state index < -0.39 is 17.7 Å². The smallest absolute Gasteiger partial charge is 0.126 e. The molecule has 160 valence electrons. The van der Waals surface area contributed by atoms with Gasteiger partial charge in [-0.2, -0.15) is 5.26 Å². The molecule has 0 bridgehead atoms. The van der Waals surface area contributed by atoms with Crippen LogP contribution in [0.5, 0.6) is 0 Å². The van der Waals surface area contributed by atoms with Crippen LogP contribution >= 0.6 is 0 Å². The van der Waals surface area contributed by atoms with Gasteiger partial charge in [-0.1, -0.05) is 30.3 Å². The van der Waals surface area contributed by atoms with Crippen molar-refractivity contribution in [3.05, 3.63) is 113 Å². The Morgan fingerprint density at radius 3 is 2.44 bits per heavy atom. The lowest BCUT2D eigenvalue weighted by Crippen LogP contribution is -2.11. The fraction of sp³-hybridized carbons (Fsp3) is 0.154. The van der Waals surface area contributed by atoms with E-state index in [1.165, 1.54) is 12.1 Å². The second-order valence-corrected chi connectivity index (χ2v) is 7.63. The molecule has 1 atom stereocenters. The molecular weight excluding hydrogens is 408 g/mol. The maximum atomic E-state index is 13.6. The van der Waals surface area contributed by atoms with E-state index in [-0.39, 0.29) is 6.61 Å². The molecule has 1 heterocycles. The largest absolute Gasteiger partial charge is 0.363 e. The van der Waals surface area contributed by atoms with Gasteiger partial charge in [0.25, 0.3) is 0 Å². The van der Waals surface area contributed by atoms with Crippen molar-refractivity contribution >= 4 is 0 Å². The number of nitrogens with zero attached hydrogens (tertiary/aromatic N) is 3. The summed E-state index contributed by atoms with van der Waals surface area (Å²) in [6.07, 6.45) is 2.81. The minimum atomic E-state index is -0.652. The van der Waals surface area contributed by atoms with Crippen molar-refractivity contribution in [3.63, 3.8) is 0 Å². The molecule has 4 rings (SSSR count). The number of hydrogen-bond donors (Lipinski definition) is 0. The molecule has 0 fully saturated rings. The topological polar surface area (TPSA) is 50.8 Å². The average molecular weight is 429 g/mol. The van der Waals surface area contributed by atoms with E-state index in [9.17, 15) is 14.0 Å². The molecule has 0 saturated carbocycles. The molecule has 1 aromatic heterocycles. The van der Waals surface area contributed by atoms with E-state index in [1.54, 1.807) is 18.6 Å². The summed E-state index contributed by atoms with van der Waals surface area (Å²) in [7, 11) is 1.85. The van der Waals surface area contributed by atoms with Gasteiger partial charge in [-0.3, -0.25) is 0 Å². The second kappa shape index (κ2) is 9.13. The van der Waals surface area contributed by atoms with Crippen LogP contribution in [-0.2, 0) is 18.4 Å². The zero-order valence-corrected chi connectivity index (χ0v) is 17.7. The van der Waals surface area contributed by atoms with Gasteiger partial charge in [0.2, 0.25) is 0 Å². The fourth-order valence-corrected chi connectivity index (χ4v) is 3.77. The molecule has 4 nitrogen and oxygen atoms in total. The number of aromatic nitrogens is 2. The van der Waals surface area contributed by atoms with Gasteiger partial charge in [-0.25, -0.2) is 13.8 Å². The number of halogens is 2. The van der Waals surface area contributed by atoms with Crippen molar-refractivity contribution < 1.29 is 13.5 Å². The first kappa shape index (κ1) is 21.4. The van der Waals surface area contributed by atoms with Crippen LogP contribution < -0.4 is 0 Å². The lowest BCUT2D eigenvalue weighted by Gasteiger charge is -2.21. The Hall–Kier alpha value is -3.82. The standard InChI is InChI=1S/C26H21F2N3O/c1-17-5-3-4-6-23(17)24-11-19(7-8-20(24)13-29)26(25-14-30-16-31(25)2)32-15-18-9-21(27)12-22(28)10-18/h3-12,14,16,26H,15H2,1-2H3. The summed E-state index contributed by atoms with van der Waals surface area (Å²) in [4.78, 5) is 4.19. The lowest BCUT2D eigenvalue weighted by atomic mass is 9.93. The average Bonchev–Trinajstić information content (AvgIpc) is 3.19. The molecular formula is C26H21F2N3O. The zero-order chi connectivity index (χ0) is 22.7. The van der Waals surface area contributed by atoms with Gasteiger partial charge in [-0.15, -0.1) is 0 Å². The maximum Gasteiger partial charge on any atom is 0.126 e. The summed E-state index contributed by atoms with van der Waals surface area (Å²) < 4.78 is 35.3. The molecule has 0 saturated heterocycles. The number of imidazole rings is 1. The van der Waals surface area contributed by atoms with Crippen LogP contribution in [0.3, 0.4) is 0 Å². The molecule has 0 aliphatic rings. The molecule has 0 aliphatic carbocycles. The van der Waals surface area contributed by atoms with Gasteiger partial charge in [0.15, 0.2) is 0 Å². The number of nitriles is 1. The Balaban J connectivity index is 1.76. The van der Waals surface area contributed by atoms with Crippen molar-refractivity contribution in [1.29, 1.82) is 5.26 Å². The van der Waals surface area contributed by atoms with Crippen LogP contribution in [0.4, 0.5) is 8.78 Å². The monoisotopic (exact) mass is 429 g/mol. The summed E-state index contributed by atoms with van der Waals surface area (Å²) in [5, 5.41) is 9.67. The highest BCUT2D eigenvalue weighted by Gasteiger charge is 2.21. The minimum absolute atomic E-state index is 0.00419. The molecule has 4 aromatic rings. The van der Waals surface area contributed by atoms with Gasteiger partial charge in [0.1, 0.15) is 17.7 Å². The van der Waals surface area contributed by atoms with Crippen LogP contribution in [0.1, 0.15) is 34.1 Å². The van der Waals surface area contributed by atoms with E-state index >= 15 is 0 Å². The highest BCUT2D eigenvalue weighted by Crippen LogP contribution is 2.33. The third-order valence-electron chi connectivity index (χ3n) is 5.36. The Bertz CT molecular complexity index is 1290. The first-order valence-corrected chi connectivity index (χ1v) is 10.1. The van der Waals surface area contributed by atoms with Crippen molar-refractivity contribution in [2.24, 2.45) is 7.05 Å². The first-order chi connectivity index (χ1) is 15.5. The molecule has 0 radical (unpaired) electrons. The molecule has 0 aliphatic heterocycles. The van der Waals surface area contributed by atoms with Crippen LogP contribution in [0.2, 0.25) is 0 Å². The molecule has 0 spiro atoms. The quantitative estimate of drug-likeness (QED) is 0.386. The SMILES string of the molecule is Cc1ccccc1-c1cc(C(OCc2cc(F)cc(F)c2)c2cncn2C)ccc1C#N. The van der Waals surface area contributed by atoms with Gasteiger partial charge in [-0.05, 0) is 53.4 Å². The van der Waals surface area contributed by atoms with Gasteiger partial charge in [0, 0.05) is 18.7 Å². The van der Waals surface area contributed by atoms with E-state index in [0.717, 1.165) is 34.0 Å². The predicted octanol–water partition coefficient (Wildman–Crippen LogP) is 5.85. The van der Waals surface area contributed by atoms with Crippen LogP contribution in [0.15, 0.2) is 73.2 Å². The third kappa shape index (κ3) is 4.43. The molecule has 1 unspecified atom stereocenters. The van der Waals surface area contributed by atoms with Crippen LogP contribution in [0.25, 0.3) is 11.1 Å². The van der Waals surface area contributed by atoms with E-state index in [2.05, 4.69) is 11.1 Å². The first-order valence-electron chi connectivity index (χ1n) is 10.1. The van der Waals surface area contributed by atoms with Crippen LogP contribution in [0, 0.1) is 29.9 Å². The predicted molar refractivity (Wildman–Crippen MR) is 118 cm³/mol. The van der Waals surface area contributed by atoms with Crippen molar-refractivity contribution in [2.45, 2.75) is 19.6 Å². The van der Waals surface area contributed by atoms with E-state index in [1.807, 2.05) is 54.9 Å². The number of benzene rings is 3. The molecule has 0 amide bonds. The highest BCUT2D eigenvalue weighted by molar-refractivity contribution is 5.74. The number of aryl methyl sites for hydroxylation is 2. The summed E-state index contributed by atoms with van der Waals surface area (Å²) in [6, 6.07) is 19.0. The number of rotatable bonds is 6. The third-order valence-corrected chi connectivity index (χ3v) is 5.36. The fourth-order valence-electron chi connectivity index (χ4n) is 3.77. The number of hydrogen-bond acceptors (Lipinski definition) is 3. The highest BCUT2D eigenvalue weighted by atomic mass is 19.1. The summed E-state index contributed by atoms with van der Waals surface area (Å²) in [6.45, 7) is 2.00. The van der Waals surface area contributed by atoms with E-state index in [0.29, 0.717) is 11.1 Å². The van der Waals surface area contributed by atoms with Gasteiger partial charge in [0.05, 0.1) is 36.5 Å². The van der Waals surface area contributed by atoms with Crippen molar-refractivity contribution in [1.82, 2.24) is 9.55 Å². The van der Waals surface area contributed by atoms with Crippen molar-refractivity contribution in [2.75, 3.05) is 0 Å². The lowest BCUT2D eigenvalue weighted by molar-refractivity contribution is 0.0619.